The van der Waals surface area contributed by atoms with Crippen LogP contribution < -0.4 is 5.32 Å². The van der Waals surface area contributed by atoms with E-state index in [1.807, 2.05) is 0 Å². The number of nitrogens with zero attached hydrogens (tertiary/aromatic N) is 2. The highest BCUT2D eigenvalue weighted by atomic mass is 35.5. The first-order chi connectivity index (χ1) is 15.9. The van der Waals surface area contributed by atoms with E-state index in [2.05, 4.69) is 5.32 Å². The number of nitro benzene ring substituents is 2. The Hall–Kier alpha value is -4.32. The second-order valence-corrected chi connectivity index (χ2v) is 7.54. The Morgan fingerprint density at radius 3 is 2.15 bits per heavy atom. The summed E-state index contributed by atoms with van der Waals surface area (Å²) in [7, 11) is 0. The zero-order valence-electron chi connectivity index (χ0n) is 16.5. The van der Waals surface area contributed by atoms with Crippen LogP contribution in [0.1, 0.15) is 31.8 Å². The molecule has 0 spiro atoms. The third kappa shape index (κ3) is 3.83. The molecule has 0 fully saturated rings. The maximum Gasteiger partial charge on any atom is 0.416 e. The fourth-order valence-electron chi connectivity index (χ4n) is 3.56. The zero-order chi connectivity index (χ0) is 24.9. The number of nitro groups is 2. The Balaban J connectivity index is 1.86. The smallest absolute Gasteiger partial charge is 0.321 e. The van der Waals surface area contributed by atoms with Gasteiger partial charge >= 0.3 is 6.18 Å². The standard InChI is InChI=1S/C21H9ClF3N3O6/c22-16-4-1-9(21(23,24)25)5-17(16)26-20(30)15-8-11(28(33)34)7-14-18(15)12-3-2-10(27(31)32)6-13(12)19(14)29/h1-8H,(H,26,30). The van der Waals surface area contributed by atoms with Crippen molar-refractivity contribution in [3.8, 4) is 11.1 Å². The number of carbonyl (C=O) groups is 2. The van der Waals surface area contributed by atoms with Gasteiger partial charge in [0.2, 0.25) is 0 Å². The molecule has 0 saturated carbocycles. The molecule has 0 atom stereocenters. The predicted molar refractivity (Wildman–Crippen MR) is 113 cm³/mol. The minimum Gasteiger partial charge on any atom is -0.321 e. The molecule has 1 aliphatic rings. The first-order valence-corrected chi connectivity index (χ1v) is 9.60. The lowest BCUT2D eigenvalue weighted by Crippen LogP contribution is -2.15. The summed E-state index contributed by atoms with van der Waals surface area (Å²) in [5.74, 6) is -1.84. The lowest BCUT2D eigenvalue weighted by atomic mass is 9.97. The van der Waals surface area contributed by atoms with Crippen molar-refractivity contribution in [1.82, 2.24) is 0 Å². The van der Waals surface area contributed by atoms with Gasteiger partial charge in [-0.15, -0.1) is 0 Å². The van der Waals surface area contributed by atoms with Crippen LogP contribution in [-0.2, 0) is 6.18 Å². The molecular formula is C21H9ClF3N3O6. The molecule has 1 aliphatic carbocycles. The van der Waals surface area contributed by atoms with Gasteiger partial charge in [-0.2, -0.15) is 13.2 Å². The number of alkyl halides is 3. The SMILES string of the molecule is O=C(Nc1cc(C(F)(F)F)ccc1Cl)c1cc([N+](=O)[O-])cc2c1-c1ccc([N+](=O)[O-])cc1C2=O. The first-order valence-electron chi connectivity index (χ1n) is 9.22. The highest BCUT2D eigenvalue weighted by Gasteiger charge is 2.35. The molecule has 172 valence electrons. The summed E-state index contributed by atoms with van der Waals surface area (Å²) in [4.78, 5) is 46.8. The number of anilines is 1. The first kappa shape index (κ1) is 22.9. The minimum absolute atomic E-state index is 0.0407. The average Bonchev–Trinajstić information content (AvgIpc) is 3.05. The summed E-state index contributed by atoms with van der Waals surface area (Å²) in [6, 6.07) is 7.32. The lowest BCUT2D eigenvalue weighted by Gasteiger charge is -2.13. The third-order valence-electron chi connectivity index (χ3n) is 5.09. The van der Waals surface area contributed by atoms with E-state index in [0.717, 1.165) is 30.3 Å². The molecule has 4 rings (SSSR count). The molecule has 1 N–H and O–H groups in total. The van der Waals surface area contributed by atoms with E-state index >= 15 is 0 Å². The van der Waals surface area contributed by atoms with Crippen molar-refractivity contribution in [1.29, 1.82) is 0 Å². The fraction of sp³-hybridized carbons (Fsp3) is 0.0476. The number of hydrogen-bond donors (Lipinski definition) is 1. The third-order valence-corrected chi connectivity index (χ3v) is 5.42. The van der Waals surface area contributed by atoms with Crippen LogP contribution in [0, 0.1) is 20.2 Å². The quantitative estimate of drug-likeness (QED) is 0.290. The van der Waals surface area contributed by atoms with Crippen LogP contribution in [0.25, 0.3) is 11.1 Å². The summed E-state index contributed by atoms with van der Waals surface area (Å²) >= 11 is 5.92. The summed E-state index contributed by atoms with van der Waals surface area (Å²) in [6.07, 6.45) is -4.73. The molecule has 0 radical (unpaired) electrons. The molecule has 3 aromatic carbocycles. The molecule has 0 aromatic heterocycles. The van der Waals surface area contributed by atoms with Gasteiger partial charge in [-0.05, 0) is 29.8 Å². The van der Waals surface area contributed by atoms with Crippen LogP contribution in [0.15, 0.2) is 48.5 Å². The predicted octanol–water partition coefficient (Wildman–Crippen LogP) is 5.64. The topological polar surface area (TPSA) is 132 Å². The molecule has 13 heteroatoms. The Kier molecular flexibility index (Phi) is 5.32. The van der Waals surface area contributed by atoms with E-state index in [1.54, 1.807) is 0 Å². The number of amides is 1. The number of non-ortho nitro benzene ring substituents is 2. The van der Waals surface area contributed by atoms with Crippen LogP contribution in [0.4, 0.5) is 30.2 Å². The van der Waals surface area contributed by atoms with E-state index in [4.69, 9.17) is 11.6 Å². The molecular weight excluding hydrogens is 483 g/mol. The van der Waals surface area contributed by atoms with Crippen LogP contribution in [0.3, 0.4) is 0 Å². The number of carbonyl (C=O) groups excluding carboxylic acids is 2. The number of nitrogens with one attached hydrogen (secondary N) is 1. The highest BCUT2D eigenvalue weighted by molar-refractivity contribution is 6.34. The number of ketones is 1. The van der Waals surface area contributed by atoms with E-state index in [1.165, 1.54) is 6.07 Å². The second kappa shape index (κ2) is 7.92. The molecule has 0 heterocycles. The molecule has 3 aromatic rings. The number of fused-ring (bicyclic) bond motifs is 3. The summed E-state index contributed by atoms with van der Waals surface area (Å²) in [5.41, 5.74) is -3.24. The van der Waals surface area contributed by atoms with Gasteiger partial charge in [0.25, 0.3) is 17.3 Å². The van der Waals surface area contributed by atoms with E-state index in [0.29, 0.717) is 12.1 Å². The van der Waals surface area contributed by atoms with Gasteiger partial charge in [-0.1, -0.05) is 11.6 Å². The Labute approximate surface area is 192 Å². The summed E-state index contributed by atoms with van der Waals surface area (Å²) in [6.45, 7) is 0. The number of halogens is 4. The van der Waals surface area contributed by atoms with Gasteiger partial charge in [-0.25, -0.2) is 0 Å². The van der Waals surface area contributed by atoms with E-state index < -0.39 is 55.9 Å². The molecule has 0 unspecified atom stereocenters. The zero-order valence-corrected chi connectivity index (χ0v) is 17.2. The lowest BCUT2D eigenvalue weighted by molar-refractivity contribution is -0.385. The normalized spacial score (nSPS) is 12.2. The van der Waals surface area contributed by atoms with Crippen molar-refractivity contribution in [2.45, 2.75) is 6.18 Å². The Bertz CT molecular complexity index is 1440. The van der Waals surface area contributed by atoms with Crippen molar-refractivity contribution in [3.05, 3.63) is 96.0 Å². The van der Waals surface area contributed by atoms with Crippen molar-refractivity contribution in [2.24, 2.45) is 0 Å². The van der Waals surface area contributed by atoms with Crippen LogP contribution in [-0.4, -0.2) is 21.5 Å². The van der Waals surface area contributed by atoms with Gasteiger partial charge in [0.05, 0.1) is 31.7 Å². The minimum atomic E-state index is -4.73. The average molecular weight is 492 g/mol. The maximum absolute atomic E-state index is 13.1. The van der Waals surface area contributed by atoms with Gasteiger partial charge in [0.1, 0.15) is 0 Å². The largest absolute Gasteiger partial charge is 0.416 e. The van der Waals surface area contributed by atoms with Gasteiger partial charge in [0.15, 0.2) is 5.78 Å². The maximum atomic E-state index is 13.1. The van der Waals surface area contributed by atoms with Gasteiger partial charge in [-0.3, -0.25) is 29.8 Å². The van der Waals surface area contributed by atoms with Crippen molar-refractivity contribution < 1.29 is 32.6 Å². The van der Waals surface area contributed by atoms with Crippen LogP contribution >= 0.6 is 11.6 Å². The Morgan fingerprint density at radius 2 is 1.53 bits per heavy atom. The van der Waals surface area contributed by atoms with Crippen LogP contribution in [0.2, 0.25) is 5.02 Å². The van der Waals surface area contributed by atoms with Crippen molar-refractivity contribution in [2.75, 3.05) is 5.32 Å². The molecule has 0 bridgehead atoms. The molecule has 0 saturated heterocycles. The second-order valence-electron chi connectivity index (χ2n) is 7.14. The number of hydrogen-bond acceptors (Lipinski definition) is 6. The molecule has 0 aliphatic heterocycles. The molecule has 9 nitrogen and oxygen atoms in total. The molecule has 34 heavy (non-hydrogen) atoms. The number of rotatable bonds is 4. The number of benzene rings is 3. The summed E-state index contributed by atoms with van der Waals surface area (Å²) in [5, 5.41) is 24.4. The van der Waals surface area contributed by atoms with Crippen molar-refractivity contribution in [3.63, 3.8) is 0 Å². The molecule has 1 amide bonds. The Morgan fingerprint density at radius 1 is 0.882 bits per heavy atom. The highest BCUT2D eigenvalue weighted by Crippen LogP contribution is 2.43. The van der Waals surface area contributed by atoms with E-state index in [9.17, 15) is 43.0 Å². The van der Waals surface area contributed by atoms with Gasteiger partial charge < -0.3 is 5.32 Å². The monoisotopic (exact) mass is 491 g/mol. The summed E-state index contributed by atoms with van der Waals surface area (Å²) < 4.78 is 39.2. The van der Waals surface area contributed by atoms with Crippen LogP contribution in [0.5, 0.6) is 0 Å². The van der Waals surface area contributed by atoms with Gasteiger partial charge in [0, 0.05) is 41.0 Å². The fourth-order valence-corrected chi connectivity index (χ4v) is 3.73. The van der Waals surface area contributed by atoms with E-state index in [-0.39, 0.29) is 27.3 Å². The van der Waals surface area contributed by atoms with Crippen molar-refractivity contribution >= 4 is 40.4 Å².